The van der Waals surface area contributed by atoms with E-state index in [1.807, 2.05) is 12.1 Å². The van der Waals surface area contributed by atoms with Crippen molar-refractivity contribution >= 4 is 17.7 Å². The van der Waals surface area contributed by atoms with Gasteiger partial charge in [0.15, 0.2) is 11.5 Å². The summed E-state index contributed by atoms with van der Waals surface area (Å²) >= 11 is 1.57. The lowest BCUT2D eigenvalue weighted by Gasteiger charge is -2.24. The van der Waals surface area contributed by atoms with Gasteiger partial charge in [0, 0.05) is 17.9 Å². The van der Waals surface area contributed by atoms with E-state index < -0.39 is 17.6 Å². The van der Waals surface area contributed by atoms with Gasteiger partial charge in [-0.15, -0.1) is 11.8 Å². The van der Waals surface area contributed by atoms with E-state index in [0.717, 1.165) is 17.7 Å². The van der Waals surface area contributed by atoms with Crippen LogP contribution in [0.5, 0.6) is 11.5 Å². The molecule has 4 rings (SSSR count). The van der Waals surface area contributed by atoms with E-state index in [-0.39, 0.29) is 17.7 Å². The van der Waals surface area contributed by atoms with Crippen LogP contribution in [0.3, 0.4) is 0 Å². The Hall–Kier alpha value is -2.35. The Morgan fingerprint density at radius 2 is 1.92 bits per heavy atom. The van der Waals surface area contributed by atoms with Crippen LogP contribution in [0.2, 0.25) is 0 Å². The number of thioether (sulfide) groups is 1. The minimum Gasteiger partial charge on any atom is -0.454 e. The van der Waals surface area contributed by atoms with Crippen LogP contribution in [0.1, 0.15) is 26.9 Å². The fourth-order valence-corrected chi connectivity index (χ4v) is 4.26. The largest absolute Gasteiger partial charge is 0.454 e. The van der Waals surface area contributed by atoms with Gasteiger partial charge < -0.3 is 14.4 Å². The first-order valence-corrected chi connectivity index (χ1v) is 8.98. The van der Waals surface area contributed by atoms with Crippen LogP contribution >= 0.6 is 11.8 Å². The van der Waals surface area contributed by atoms with Crippen molar-refractivity contribution in [2.24, 2.45) is 0 Å². The van der Waals surface area contributed by atoms with Crippen molar-refractivity contribution < 1.29 is 27.4 Å². The van der Waals surface area contributed by atoms with Crippen LogP contribution < -0.4 is 9.47 Å². The molecule has 8 heteroatoms. The molecule has 1 saturated heterocycles. The molecule has 0 aliphatic carbocycles. The zero-order chi connectivity index (χ0) is 18.3. The van der Waals surface area contributed by atoms with Gasteiger partial charge in [0.2, 0.25) is 6.79 Å². The quantitative estimate of drug-likeness (QED) is 0.777. The smallest absolute Gasteiger partial charge is 0.416 e. The highest BCUT2D eigenvalue weighted by atomic mass is 32.2. The molecule has 2 aromatic rings. The fourth-order valence-electron chi connectivity index (χ4n) is 3.02. The highest BCUT2D eigenvalue weighted by molar-refractivity contribution is 7.99. The molecule has 136 valence electrons. The summed E-state index contributed by atoms with van der Waals surface area (Å²) in [6.45, 7) is 0.627. The molecule has 0 N–H and O–H groups in total. The SMILES string of the molecule is O=C(c1cccc(C(F)(F)F)c1)N1CCSC1c1ccc2c(c1)OCO2. The number of carbonyl (C=O) groups excluding carboxylic acids is 1. The normalized spacial score (nSPS) is 19.0. The zero-order valence-corrected chi connectivity index (χ0v) is 14.3. The first kappa shape index (κ1) is 17.1. The number of carbonyl (C=O) groups is 1. The van der Waals surface area contributed by atoms with Crippen LogP contribution in [0.4, 0.5) is 13.2 Å². The van der Waals surface area contributed by atoms with E-state index >= 15 is 0 Å². The summed E-state index contributed by atoms with van der Waals surface area (Å²) in [6.07, 6.45) is -4.48. The van der Waals surface area contributed by atoms with Gasteiger partial charge in [-0.25, -0.2) is 0 Å². The zero-order valence-electron chi connectivity index (χ0n) is 13.5. The van der Waals surface area contributed by atoms with Crippen LogP contribution in [0, 0.1) is 0 Å². The number of rotatable bonds is 2. The maximum absolute atomic E-state index is 12.9. The number of ether oxygens (including phenoxy) is 2. The molecule has 2 heterocycles. The summed E-state index contributed by atoms with van der Waals surface area (Å²) < 4.78 is 49.4. The summed E-state index contributed by atoms with van der Waals surface area (Å²) in [4.78, 5) is 14.4. The number of hydrogen-bond acceptors (Lipinski definition) is 4. The van der Waals surface area contributed by atoms with Gasteiger partial charge in [-0.05, 0) is 35.9 Å². The lowest BCUT2D eigenvalue weighted by Crippen LogP contribution is -2.30. The van der Waals surface area contributed by atoms with Gasteiger partial charge in [-0.3, -0.25) is 4.79 Å². The topological polar surface area (TPSA) is 38.8 Å². The van der Waals surface area contributed by atoms with E-state index in [4.69, 9.17) is 9.47 Å². The molecule has 1 atom stereocenters. The van der Waals surface area contributed by atoms with Crippen molar-refractivity contribution in [2.45, 2.75) is 11.6 Å². The van der Waals surface area contributed by atoms with Crippen LogP contribution in [0.15, 0.2) is 42.5 Å². The Balaban J connectivity index is 1.61. The molecule has 0 spiro atoms. The molecular weight excluding hydrogens is 367 g/mol. The standard InChI is InChI=1S/C18H14F3NO3S/c19-18(20,21)13-3-1-2-11(8-13)16(23)22-6-7-26-17(22)12-4-5-14-15(9-12)25-10-24-14/h1-5,8-9,17H,6-7,10H2. The Labute approximate surface area is 151 Å². The average molecular weight is 381 g/mol. The summed E-state index contributed by atoms with van der Waals surface area (Å²) in [5, 5.41) is -0.272. The van der Waals surface area contributed by atoms with Crippen LogP contribution in [-0.4, -0.2) is 29.9 Å². The van der Waals surface area contributed by atoms with E-state index in [9.17, 15) is 18.0 Å². The molecule has 1 amide bonds. The summed E-state index contributed by atoms with van der Waals surface area (Å²) in [6, 6.07) is 9.99. The van der Waals surface area contributed by atoms with Gasteiger partial charge in [0.25, 0.3) is 5.91 Å². The van der Waals surface area contributed by atoms with Gasteiger partial charge >= 0.3 is 6.18 Å². The molecule has 2 aromatic carbocycles. The van der Waals surface area contributed by atoms with Crippen LogP contribution in [-0.2, 0) is 6.18 Å². The Morgan fingerprint density at radius 3 is 2.73 bits per heavy atom. The van der Waals surface area contributed by atoms with Gasteiger partial charge in [-0.1, -0.05) is 12.1 Å². The second-order valence-corrected chi connectivity index (χ2v) is 7.10. The number of benzene rings is 2. The lowest BCUT2D eigenvalue weighted by molar-refractivity contribution is -0.137. The number of halogens is 3. The number of alkyl halides is 3. The van der Waals surface area contributed by atoms with Crippen molar-refractivity contribution in [1.29, 1.82) is 0 Å². The van der Waals surface area contributed by atoms with Crippen molar-refractivity contribution in [3.05, 3.63) is 59.2 Å². The maximum Gasteiger partial charge on any atom is 0.416 e. The van der Waals surface area contributed by atoms with E-state index in [1.165, 1.54) is 12.1 Å². The molecule has 0 bridgehead atoms. The minimum atomic E-state index is -4.48. The minimum absolute atomic E-state index is 0.0352. The third kappa shape index (κ3) is 3.09. The number of nitrogens with zero attached hydrogens (tertiary/aromatic N) is 1. The summed E-state index contributed by atoms with van der Waals surface area (Å²) in [5.41, 5.74) is 0.0694. The van der Waals surface area contributed by atoms with E-state index in [1.54, 1.807) is 22.7 Å². The highest BCUT2D eigenvalue weighted by Crippen LogP contribution is 2.43. The van der Waals surface area contributed by atoms with Crippen molar-refractivity contribution in [2.75, 3.05) is 19.1 Å². The molecule has 1 unspecified atom stereocenters. The highest BCUT2D eigenvalue weighted by Gasteiger charge is 2.34. The summed E-state index contributed by atoms with van der Waals surface area (Å²) in [5.74, 6) is 1.56. The second-order valence-electron chi connectivity index (χ2n) is 5.91. The second kappa shape index (κ2) is 6.42. The maximum atomic E-state index is 12.9. The predicted molar refractivity (Wildman–Crippen MR) is 90.2 cm³/mol. The monoisotopic (exact) mass is 381 g/mol. The molecule has 1 fully saturated rings. The van der Waals surface area contributed by atoms with Crippen molar-refractivity contribution in [1.82, 2.24) is 4.90 Å². The molecule has 2 aliphatic heterocycles. The lowest BCUT2D eigenvalue weighted by atomic mass is 10.1. The molecule has 0 saturated carbocycles. The molecular formula is C18H14F3NO3S. The fraction of sp³-hybridized carbons (Fsp3) is 0.278. The first-order valence-electron chi connectivity index (χ1n) is 7.93. The predicted octanol–water partition coefficient (Wildman–Crippen LogP) is 4.32. The van der Waals surface area contributed by atoms with Crippen LogP contribution in [0.25, 0.3) is 0 Å². The average Bonchev–Trinajstić information content (AvgIpc) is 3.28. The Bertz CT molecular complexity index is 856. The third-order valence-electron chi connectivity index (χ3n) is 4.27. The third-order valence-corrected chi connectivity index (χ3v) is 5.53. The Morgan fingerprint density at radius 1 is 1.12 bits per heavy atom. The molecule has 26 heavy (non-hydrogen) atoms. The Kier molecular flexibility index (Phi) is 4.22. The van der Waals surface area contributed by atoms with Gasteiger partial charge in [0.05, 0.1) is 5.56 Å². The molecule has 0 radical (unpaired) electrons. The summed E-state index contributed by atoms with van der Waals surface area (Å²) in [7, 11) is 0. The molecule has 0 aromatic heterocycles. The molecule has 2 aliphatic rings. The van der Waals surface area contributed by atoms with Crippen molar-refractivity contribution in [3.63, 3.8) is 0 Å². The van der Waals surface area contributed by atoms with Crippen molar-refractivity contribution in [3.8, 4) is 11.5 Å². The number of hydrogen-bond donors (Lipinski definition) is 0. The molecule has 4 nitrogen and oxygen atoms in total. The number of amides is 1. The van der Waals surface area contributed by atoms with Gasteiger partial charge in [-0.2, -0.15) is 13.2 Å². The van der Waals surface area contributed by atoms with Gasteiger partial charge in [0.1, 0.15) is 5.37 Å². The van der Waals surface area contributed by atoms with E-state index in [0.29, 0.717) is 23.8 Å². The first-order chi connectivity index (χ1) is 12.4. The number of fused-ring (bicyclic) bond motifs is 1. The van der Waals surface area contributed by atoms with E-state index in [2.05, 4.69) is 0 Å².